The van der Waals surface area contributed by atoms with Gasteiger partial charge in [0, 0.05) is 5.41 Å². The molecule has 324 valence electrons. The van der Waals surface area contributed by atoms with E-state index in [1.165, 1.54) is 154 Å². The molecule has 0 saturated heterocycles. The van der Waals surface area contributed by atoms with Crippen molar-refractivity contribution < 1.29 is 0 Å². The highest BCUT2D eigenvalue weighted by atomic mass is 14.5. The largest absolute Gasteiger partial charge is 0.0731 e. The SMILES string of the molecule is CC1(C)c2ccccc2-c2c1cc(-c1c3ccccc3c(-c3ccc4cc5c(cc4c3)C3(c4ccccc4-c4ccccc43)c3c-5c4ccccc4c4ccccc34)c3ccccc13)c1ccccc21. The fourth-order valence-corrected chi connectivity index (χ4v) is 14.2. The van der Waals surface area contributed by atoms with E-state index < -0.39 is 5.41 Å². The van der Waals surface area contributed by atoms with Gasteiger partial charge in [0.25, 0.3) is 0 Å². The predicted octanol–water partition coefficient (Wildman–Crippen LogP) is 18.6. The van der Waals surface area contributed by atoms with Gasteiger partial charge in [-0.3, -0.25) is 0 Å². The lowest BCUT2D eigenvalue weighted by molar-refractivity contribution is 0.661. The molecule has 0 heteroatoms. The number of benzene rings is 13. The highest BCUT2D eigenvalue weighted by Gasteiger charge is 2.53. The third-order valence-corrected chi connectivity index (χ3v) is 17.0. The molecule has 0 aromatic heterocycles. The van der Waals surface area contributed by atoms with Crippen LogP contribution in [0.15, 0.2) is 231 Å². The van der Waals surface area contributed by atoms with Gasteiger partial charge < -0.3 is 0 Å². The summed E-state index contributed by atoms with van der Waals surface area (Å²) in [7, 11) is 0. The molecule has 3 aliphatic carbocycles. The number of rotatable bonds is 2. The van der Waals surface area contributed by atoms with E-state index in [1.807, 2.05) is 0 Å². The van der Waals surface area contributed by atoms with Crippen molar-refractivity contribution in [3.05, 3.63) is 264 Å². The van der Waals surface area contributed by atoms with Gasteiger partial charge in [-0.15, -0.1) is 0 Å². The molecule has 0 N–H and O–H groups in total. The lowest BCUT2D eigenvalue weighted by Crippen LogP contribution is -2.26. The van der Waals surface area contributed by atoms with Crippen molar-refractivity contribution in [1.82, 2.24) is 0 Å². The van der Waals surface area contributed by atoms with Crippen LogP contribution in [0.4, 0.5) is 0 Å². The Morgan fingerprint density at radius 1 is 0.243 bits per heavy atom. The van der Waals surface area contributed by atoms with Crippen molar-refractivity contribution >= 4 is 64.6 Å². The van der Waals surface area contributed by atoms with Crippen molar-refractivity contribution in [2.75, 3.05) is 0 Å². The minimum atomic E-state index is -0.499. The van der Waals surface area contributed by atoms with Crippen molar-refractivity contribution in [2.45, 2.75) is 24.7 Å². The molecule has 13 aromatic carbocycles. The first-order valence-corrected chi connectivity index (χ1v) is 24.8. The lowest BCUT2D eigenvalue weighted by Gasteiger charge is -2.32. The van der Waals surface area contributed by atoms with Gasteiger partial charge >= 0.3 is 0 Å². The fourth-order valence-electron chi connectivity index (χ4n) is 14.2. The molecular formula is C70H44. The highest BCUT2D eigenvalue weighted by Crippen LogP contribution is 2.66. The maximum absolute atomic E-state index is 2.58. The second-order valence-electron chi connectivity index (χ2n) is 20.5. The molecule has 0 amide bonds. The highest BCUT2D eigenvalue weighted by molar-refractivity contribution is 6.26. The van der Waals surface area contributed by atoms with Gasteiger partial charge in [-0.05, 0) is 178 Å². The molecule has 0 aliphatic heterocycles. The number of fused-ring (bicyclic) bond motifs is 23. The Bertz CT molecular complexity index is 4400. The second-order valence-corrected chi connectivity index (χ2v) is 20.5. The Hall–Kier alpha value is -8.58. The number of hydrogen-bond acceptors (Lipinski definition) is 0. The van der Waals surface area contributed by atoms with Crippen LogP contribution in [0.2, 0.25) is 0 Å². The van der Waals surface area contributed by atoms with Crippen LogP contribution in [0.1, 0.15) is 47.2 Å². The Labute approximate surface area is 406 Å². The predicted molar refractivity (Wildman–Crippen MR) is 296 cm³/mol. The molecule has 0 fully saturated rings. The standard InChI is InChI=1S/C70H44/c1-69(2)59-32-16-15-31-56(59)66-49-24-6-4-21-46(49)57(40-63(66)69)65-53-28-10-8-26-51(53)64(52-27-9-11-29-54(52)65)42-36-35-41-38-58-62(39-43(41)37-42)70(60-33-17-13-22-47(60)48-23-14-18-34-61(48)70)68-55-30-12-5-20-45(55)44-19-3-7-25-50(44)67(58)68/h3-40H,1-2H3. The van der Waals surface area contributed by atoms with E-state index in [0.717, 1.165) is 0 Å². The minimum Gasteiger partial charge on any atom is -0.0619 e. The minimum absolute atomic E-state index is 0.135. The summed E-state index contributed by atoms with van der Waals surface area (Å²) in [4.78, 5) is 0. The summed E-state index contributed by atoms with van der Waals surface area (Å²) < 4.78 is 0. The normalized spacial score (nSPS) is 14.4. The third-order valence-electron chi connectivity index (χ3n) is 17.0. The molecule has 0 saturated carbocycles. The smallest absolute Gasteiger partial charge is 0.0619 e. The summed E-state index contributed by atoms with van der Waals surface area (Å²) in [5, 5.41) is 15.5. The Morgan fingerprint density at radius 3 is 1.31 bits per heavy atom. The fraction of sp³-hybridized carbons (Fsp3) is 0.0571. The molecule has 0 unspecified atom stereocenters. The first-order chi connectivity index (χ1) is 34.5. The summed E-state index contributed by atoms with van der Waals surface area (Å²) in [5.41, 5.74) is 20.9. The average Bonchev–Trinajstić information content (AvgIpc) is 3.97. The molecule has 0 bridgehead atoms. The van der Waals surface area contributed by atoms with Crippen LogP contribution in [0.5, 0.6) is 0 Å². The molecule has 0 heterocycles. The molecule has 0 nitrogen and oxygen atoms in total. The van der Waals surface area contributed by atoms with E-state index in [4.69, 9.17) is 0 Å². The van der Waals surface area contributed by atoms with E-state index in [9.17, 15) is 0 Å². The van der Waals surface area contributed by atoms with E-state index in [0.29, 0.717) is 0 Å². The summed E-state index contributed by atoms with van der Waals surface area (Å²) in [6.07, 6.45) is 0. The van der Waals surface area contributed by atoms with Gasteiger partial charge in [0.15, 0.2) is 0 Å². The topological polar surface area (TPSA) is 0 Å². The van der Waals surface area contributed by atoms with Gasteiger partial charge in [-0.25, -0.2) is 0 Å². The monoisotopic (exact) mass is 884 g/mol. The zero-order valence-electron chi connectivity index (χ0n) is 38.9. The molecule has 1 spiro atoms. The molecule has 16 rings (SSSR count). The zero-order valence-corrected chi connectivity index (χ0v) is 38.9. The van der Waals surface area contributed by atoms with Crippen LogP contribution in [-0.2, 0) is 10.8 Å². The summed E-state index contributed by atoms with van der Waals surface area (Å²) in [6, 6.07) is 88.1. The van der Waals surface area contributed by atoms with Crippen molar-refractivity contribution in [2.24, 2.45) is 0 Å². The third kappa shape index (κ3) is 4.67. The number of hydrogen-bond donors (Lipinski definition) is 0. The van der Waals surface area contributed by atoms with Gasteiger partial charge in [0.1, 0.15) is 0 Å². The van der Waals surface area contributed by atoms with Gasteiger partial charge in [-0.2, -0.15) is 0 Å². The van der Waals surface area contributed by atoms with E-state index in [2.05, 4.69) is 244 Å². The van der Waals surface area contributed by atoms with Gasteiger partial charge in [0.05, 0.1) is 5.41 Å². The summed E-state index contributed by atoms with van der Waals surface area (Å²) >= 11 is 0. The maximum Gasteiger partial charge on any atom is 0.0731 e. The van der Waals surface area contributed by atoms with Crippen LogP contribution in [0.25, 0.3) is 120 Å². The summed E-state index contributed by atoms with van der Waals surface area (Å²) in [5.74, 6) is 0. The molecule has 13 aromatic rings. The van der Waals surface area contributed by atoms with Crippen LogP contribution >= 0.6 is 0 Å². The first kappa shape index (κ1) is 38.4. The van der Waals surface area contributed by atoms with Crippen molar-refractivity contribution in [1.29, 1.82) is 0 Å². The Kier molecular flexibility index (Phi) is 7.44. The molecule has 0 radical (unpaired) electrons. The van der Waals surface area contributed by atoms with Crippen LogP contribution in [-0.4, -0.2) is 0 Å². The zero-order chi connectivity index (χ0) is 46.0. The average molecular weight is 885 g/mol. The van der Waals surface area contributed by atoms with Crippen LogP contribution < -0.4 is 0 Å². The molecule has 0 atom stereocenters. The van der Waals surface area contributed by atoms with Crippen molar-refractivity contribution in [3.8, 4) is 55.6 Å². The lowest BCUT2D eigenvalue weighted by atomic mass is 9.69. The van der Waals surface area contributed by atoms with Crippen LogP contribution in [0, 0.1) is 0 Å². The maximum atomic E-state index is 2.58. The second kappa shape index (κ2) is 13.6. The van der Waals surface area contributed by atoms with Crippen LogP contribution in [0.3, 0.4) is 0 Å². The quantitative estimate of drug-likeness (QED) is 0.120. The molecular weight excluding hydrogens is 841 g/mol. The van der Waals surface area contributed by atoms with E-state index in [-0.39, 0.29) is 5.41 Å². The van der Waals surface area contributed by atoms with Gasteiger partial charge in [0.2, 0.25) is 0 Å². The molecule has 3 aliphatic rings. The Morgan fingerprint density at radius 2 is 0.700 bits per heavy atom. The van der Waals surface area contributed by atoms with Crippen molar-refractivity contribution in [3.63, 3.8) is 0 Å². The molecule has 70 heavy (non-hydrogen) atoms. The first-order valence-electron chi connectivity index (χ1n) is 24.8. The summed E-state index contributed by atoms with van der Waals surface area (Å²) in [6.45, 7) is 4.81. The Balaban J connectivity index is 0.983. The van der Waals surface area contributed by atoms with Gasteiger partial charge in [-0.1, -0.05) is 220 Å². The van der Waals surface area contributed by atoms with E-state index in [1.54, 1.807) is 0 Å². The van der Waals surface area contributed by atoms with E-state index >= 15 is 0 Å².